The molecule has 2 aromatic rings. The molecule has 0 fully saturated rings. The highest BCUT2D eigenvalue weighted by Gasteiger charge is 2.04. The smallest absolute Gasteiger partial charge is 0.225 e. The van der Waals surface area contributed by atoms with Crippen molar-refractivity contribution < 1.29 is 9.18 Å². The summed E-state index contributed by atoms with van der Waals surface area (Å²) < 4.78 is 12.8. The number of pyridine rings is 1. The quantitative estimate of drug-likeness (QED) is 0.842. The van der Waals surface area contributed by atoms with Crippen molar-refractivity contribution in [2.75, 3.05) is 5.32 Å². The van der Waals surface area contributed by atoms with Gasteiger partial charge in [-0.05, 0) is 36.4 Å². The van der Waals surface area contributed by atoms with Crippen molar-refractivity contribution in [1.29, 1.82) is 0 Å². The molecule has 0 saturated heterocycles. The zero-order chi connectivity index (χ0) is 12.8. The van der Waals surface area contributed by atoms with E-state index in [0.717, 1.165) is 12.8 Å². The Bertz CT molecular complexity index is 513. The second kappa shape index (κ2) is 6.26. The number of aryl methyl sites for hydroxylation is 1. The number of hydrogen-bond acceptors (Lipinski definition) is 3. The maximum atomic E-state index is 12.8. The Morgan fingerprint density at radius 2 is 2.22 bits per heavy atom. The lowest BCUT2D eigenvalue weighted by Crippen LogP contribution is -2.12. The van der Waals surface area contributed by atoms with Crippen LogP contribution in [0, 0.1) is 5.95 Å². The number of nitrogens with one attached hydrogen (secondary N) is 1. The first-order chi connectivity index (χ1) is 8.74. The minimum atomic E-state index is -0.591. The van der Waals surface area contributed by atoms with Gasteiger partial charge in [-0.3, -0.25) is 4.79 Å². The monoisotopic (exact) mass is 264 g/mol. The molecule has 0 saturated carbocycles. The van der Waals surface area contributed by atoms with Crippen LogP contribution in [0.15, 0.2) is 35.7 Å². The Kier molecular flexibility index (Phi) is 4.41. The third kappa shape index (κ3) is 3.92. The molecule has 18 heavy (non-hydrogen) atoms. The van der Waals surface area contributed by atoms with E-state index in [2.05, 4.69) is 16.4 Å². The number of rotatable bonds is 5. The predicted octanol–water partition coefficient (Wildman–Crippen LogP) is 3.24. The summed E-state index contributed by atoms with van der Waals surface area (Å²) >= 11 is 1.69. The maximum absolute atomic E-state index is 12.8. The van der Waals surface area contributed by atoms with Gasteiger partial charge in [0.2, 0.25) is 11.9 Å². The Labute approximate surface area is 109 Å². The first kappa shape index (κ1) is 12.7. The number of halogens is 1. The normalized spacial score (nSPS) is 10.3. The first-order valence-corrected chi connectivity index (χ1v) is 6.57. The number of nitrogens with zero attached hydrogens (tertiary/aromatic N) is 1. The van der Waals surface area contributed by atoms with Crippen LogP contribution in [0.1, 0.15) is 17.7 Å². The van der Waals surface area contributed by atoms with Crippen LogP contribution in [-0.4, -0.2) is 10.9 Å². The third-order valence-corrected chi connectivity index (χ3v) is 3.33. The van der Waals surface area contributed by atoms with Crippen LogP contribution >= 0.6 is 11.3 Å². The van der Waals surface area contributed by atoms with Crippen molar-refractivity contribution in [3.8, 4) is 0 Å². The van der Waals surface area contributed by atoms with E-state index in [1.807, 2.05) is 11.4 Å². The van der Waals surface area contributed by atoms with Crippen molar-refractivity contribution in [3.05, 3.63) is 46.5 Å². The fourth-order valence-electron chi connectivity index (χ4n) is 1.56. The summed E-state index contributed by atoms with van der Waals surface area (Å²) in [6.07, 6.45) is 2.08. The van der Waals surface area contributed by atoms with E-state index in [4.69, 9.17) is 0 Å². The van der Waals surface area contributed by atoms with E-state index in [1.54, 1.807) is 17.4 Å². The summed E-state index contributed by atoms with van der Waals surface area (Å²) in [6.45, 7) is 0. The lowest BCUT2D eigenvalue weighted by molar-refractivity contribution is -0.116. The number of amides is 1. The molecule has 3 nitrogen and oxygen atoms in total. The van der Waals surface area contributed by atoms with E-state index in [-0.39, 0.29) is 11.7 Å². The molecular formula is C13H13FN2OS. The fraction of sp³-hybridized carbons (Fsp3) is 0.231. The van der Waals surface area contributed by atoms with Gasteiger partial charge in [-0.15, -0.1) is 11.3 Å². The predicted molar refractivity (Wildman–Crippen MR) is 70.1 cm³/mol. The average Bonchev–Trinajstić information content (AvgIpc) is 2.82. The van der Waals surface area contributed by atoms with Gasteiger partial charge in [-0.1, -0.05) is 12.1 Å². The number of hydrogen-bond donors (Lipinski definition) is 1. The SMILES string of the molecule is O=C(CCCc1cccs1)Nc1cccc(F)n1. The highest BCUT2D eigenvalue weighted by molar-refractivity contribution is 7.09. The second-order valence-electron chi connectivity index (χ2n) is 3.83. The van der Waals surface area contributed by atoms with Crippen molar-refractivity contribution in [1.82, 2.24) is 4.98 Å². The molecule has 0 aliphatic carbocycles. The molecule has 5 heteroatoms. The number of carbonyl (C=O) groups excluding carboxylic acids is 1. The van der Waals surface area contributed by atoms with Crippen LogP contribution < -0.4 is 5.32 Å². The average molecular weight is 264 g/mol. The van der Waals surface area contributed by atoms with Gasteiger partial charge in [0.25, 0.3) is 0 Å². The van der Waals surface area contributed by atoms with Crippen LogP contribution in [0.25, 0.3) is 0 Å². The van der Waals surface area contributed by atoms with Gasteiger partial charge >= 0.3 is 0 Å². The molecule has 0 spiro atoms. The molecule has 0 aliphatic heterocycles. The molecule has 0 aliphatic rings. The van der Waals surface area contributed by atoms with Crippen LogP contribution in [0.4, 0.5) is 10.2 Å². The van der Waals surface area contributed by atoms with E-state index < -0.39 is 5.95 Å². The molecule has 0 unspecified atom stereocenters. The van der Waals surface area contributed by atoms with Gasteiger partial charge in [0.15, 0.2) is 0 Å². The van der Waals surface area contributed by atoms with E-state index >= 15 is 0 Å². The summed E-state index contributed by atoms with van der Waals surface area (Å²) in [6, 6.07) is 8.38. The number of anilines is 1. The fourth-order valence-corrected chi connectivity index (χ4v) is 2.31. The van der Waals surface area contributed by atoms with Gasteiger partial charge in [0.1, 0.15) is 5.82 Å². The maximum Gasteiger partial charge on any atom is 0.225 e. The van der Waals surface area contributed by atoms with Gasteiger partial charge in [0.05, 0.1) is 0 Å². The van der Waals surface area contributed by atoms with Crippen LogP contribution in [0.2, 0.25) is 0 Å². The molecule has 2 heterocycles. The number of carbonyl (C=O) groups is 1. The van der Waals surface area contributed by atoms with Crippen molar-refractivity contribution in [2.45, 2.75) is 19.3 Å². The van der Waals surface area contributed by atoms with Crippen molar-refractivity contribution >= 4 is 23.1 Å². The zero-order valence-electron chi connectivity index (χ0n) is 9.73. The van der Waals surface area contributed by atoms with Gasteiger partial charge in [-0.25, -0.2) is 4.98 Å². The Balaban J connectivity index is 1.75. The van der Waals surface area contributed by atoms with Crippen molar-refractivity contribution in [2.24, 2.45) is 0 Å². The second-order valence-corrected chi connectivity index (χ2v) is 4.86. The van der Waals surface area contributed by atoms with E-state index in [0.29, 0.717) is 6.42 Å². The molecule has 0 aromatic carbocycles. The first-order valence-electron chi connectivity index (χ1n) is 5.69. The van der Waals surface area contributed by atoms with E-state index in [9.17, 15) is 9.18 Å². The van der Waals surface area contributed by atoms with E-state index in [1.165, 1.54) is 17.0 Å². The largest absolute Gasteiger partial charge is 0.311 e. The molecule has 0 bridgehead atoms. The van der Waals surface area contributed by atoms with Gasteiger partial charge in [0, 0.05) is 11.3 Å². The third-order valence-electron chi connectivity index (χ3n) is 2.39. The summed E-state index contributed by atoms with van der Waals surface area (Å²) in [5.74, 6) is -0.466. The number of thiophene rings is 1. The highest BCUT2D eigenvalue weighted by Crippen LogP contribution is 2.12. The molecule has 1 amide bonds. The molecule has 0 atom stereocenters. The molecule has 2 rings (SSSR count). The molecule has 94 valence electrons. The minimum Gasteiger partial charge on any atom is -0.311 e. The van der Waals surface area contributed by atoms with Crippen LogP contribution in [-0.2, 0) is 11.2 Å². The minimum absolute atomic E-state index is 0.135. The van der Waals surface area contributed by atoms with Crippen LogP contribution in [0.5, 0.6) is 0 Å². The Morgan fingerprint density at radius 3 is 2.94 bits per heavy atom. The van der Waals surface area contributed by atoms with Crippen molar-refractivity contribution in [3.63, 3.8) is 0 Å². The summed E-state index contributed by atoms with van der Waals surface area (Å²) in [4.78, 5) is 16.4. The Hall–Kier alpha value is -1.75. The summed E-state index contributed by atoms with van der Waals surface area (Å²) in [5.41, 5.74) is 0. The summed E-state index contributed by atoms with van der Waals surface area (Å²) in [5, 5.41) is 4.60. The topological polar surface area (TPSA) is 42.0 Å². The lowest BCUT2D eigenvalue weighted by Gasteiger charge is -2.03. The molecule has 0 radical (unpaired) electrons. The van der Waals surface area contributed by atoms with Gasteiger partial charge < -0.3 is 5.32 Å². The molecular weight excluding hydrogens is 251 g/mol. The molecule has 1 N–H and O–H groups in total. The Morgan fingerprint density at radius 1 is 1.33 bits per heavy atom. The summed E-state index contributed by atoms with van der Waals surface area (Å²) in [7, 11) is 0. The lowest BCUT2D eigenvalue weighted by atomic mass is 10.2. The number of aromatic nitrogens is 1. The zero-order valence-corrected chi connectivity index (χ0v) is 10.5. The molecule has 2 aromatic heterocycles. The standard InChI is InChI=1S/C13H13FN2OS/c14-11-6-2-7-12(15-11)16-13(17)8-1-4-10-5-3-9-18-10/h2-3,5-7,9H,1,4,8H2,(H,15,16,17). The highest BCUT2D eigenvalue weighted by atomic mass is 32.1. The van der Waals surface area contributed by atoms with Crippen LogP contribution in [0.3, 0.4) is 0 Å². The van der Waals surface area contributed by atoms with Gasteiger partial charge in [-0.2, -0.15) is 4.39 Å².